The minimum atomic E-state index is 0. The monoisotopic (exact) mass is 557 g/mol. The topological polar surface area (TPSA) is 52.1 Å². The highest BCUT2D eigenvalue weighted by atomic mass is 127. The molecule has 0 unspecified atom stereocenters. The minimum Gasteiger partial charge on any atom is -0.385 e. The summed E-state index contributed by atoms with van der Waals surface area (Å²) in [6.45, 7) is 14.7. The molecule has 0 radical (unpaired) electrons. The van der Waals surface area contributed by atoms with Gasteiger partial charge in [0, 0.05) is 59.5 Å². The van der Waals surface area contributed by atoms with Crippen LogP contribution in [0, 0.1) is 5.41 Å². The van der Waals surface area contributed by atoms with Gasteiger partial charge in [0.15, 0.2) is 5.96 Å². The van der Waals surface area contributed by atoms with Gasteiger partial charge in [-0.25, -0.2) is 4.99 Å². The first-order valence-electron chi connectivity index (χ1n) is 12.2. The molecule has 2 aliphatic rings. The Kier molecular flexibility index (Phi) is 12.3. The smallest absolute Gasteiger partial charge is 0.191 e. The molecular weight excluding hydrogens is 513 g/mol. The molecule has 1 heterocycles. The van der Waals surface area contributed by atoms with Crippen molar-refractivity contribution in [2.75, 3.05) is 59.5 Å². The average Bonchev–Trinajstić information content (AvgIpc) is 2.78. The largest absolute Gasteiger partial charge is 0.385 e. The number of ether oxygens (including phenoxy) is 1. The molecule has 32 heavy (non-hydrogen) atoms. The molecule has 1 saturated heterocycles. The maximum Gasteiger partial charge on any atom is 0.191 e. The third-order valence-electron chi connectivity index (χ3n) is 6.99. The molecule has 2 fully saturated rings. The van der Waals surface area contributed by atoms with Gasteiger partial charge in [0.1, 0.15) is 0 Å². The van der Waals surface area contributed by atoms with Crippen molar-refractivity contribution in [2.45, 2.75) is 52.6 Å². The van der Waals surface area contributed by atoms with Gasteiger partial charge >= 0.3 is 0 Å². The number of methoxy groups -OCH3 is 1. The van der Waals surface area contributed by atoms with Crippen LogP contribution in [0.1, 0.15) is 50.7 Å². The molecule has 6 nitrogen and oxygen atoms in total. The summed E-state index contributed by atoms with van der Waals surface area (Å²) in [5.41, 5.74) is 3.04. The van der Waals surface area contributed by atoms with Crippen molar-refractivity contribution in [3.63, 3.8) is 0 Å². The second kappa shape index (κ2) is 14.4. The SMILES string of the molecule is CCNC(=NCc1ccc(CN2CCN(CC)CC2)cc1)NCC1(CCOC)CCC1.I. The Morgan fingerprint density at radius 1 is 1.00 bits per heavy atom. The van der Waals surface area contributed by atoms with Crippen LogP contribution in [0.2, 0.25) is 0 Å². The summed E-state index contributed by atoms with van der Waals surface area (Å²) in [6, 6.07) is 9.00. The third-order valence-corrected chi connectivity index (χ3v) is 6.99. The van der Waals surface area contributed by atoms with Crippen molar-refractivity contribution < 1.29 is 4.74 Å². The fourth-order valence-corrected chi connectivity index (χ4v) is 4.57. The summed E-state index contributed by atoms with van der Waals surface area (Å²) >= 11 is 0. The van der Waals surface area contributed by atoms with Gasteiger partial charge in [-0.15, -0.1) is 24.0 Å². The Morgan fingerprint density at radius 2 is 1.66 bits per heavy atom. The van der Waals surface area contributed by atoms with Crippen molar-refractivity contribution in [3.05, 3.63) is 35.4 Å². The Morgan fingerprint density at radius 3 is 2.22 bits per heavy atom. The molecule has 1 aromatic rings. The van der Waals surface area contributed by atoms with Crippen molar-refractivity contribution in [1.82, 2.24) is 20.4 Å². The maximum absolute atomic E-state index is 5.32. The molecule has 0 amide bonds. The fraction of sp³-hybridized carbons (Fsp3) is 0.720. The second-order valence-corrected chi connectivity index (χ2v) is 9.17. The van der Waals surface area contributed by atoms with Crippen molar-refractivity contribution in [2.24, 2.45) is 10.4 Å². The number of likely N-dealkylation sites (N-methyl/N-ethyl adjacent to an activating group) is 1. The molecule has 1 aliphatic carbocycles. The van der Waals surface area contributed by atoms with Gasteiger partial charge in [-0.2, -0.15) is 0 Å². The predicted octanol–water partition coefficient (Wildman–Crippen LogP) is 3.70. The van der Waals surface area contributed by atoms with Crippen LogP contribution in [0.5, 0.6) is 0 Å². The molecule has 0 aromatic heterocycles. The van der Waals surface area contributed by atoms with E-state index >= 15 is 0 Å². The van der Waals surface area contributed by atoms with E-state index in [1.165, 1.54) is 63.1 Å². The van der Waals surface area contributed by atoms with E-state index in [0.29, 0.717) is 12.0 Å². The maximum atomic E-state index is 5.32. The number of rotatable bonds is 11. The zero-order chi connectivity index (χ0) is 21.9. The lowest BCUT2D eigenvalue weighted by molar-refractivity contribution is 0.0732. The zero-order valence-electron chi connectivity index (χ0n) is 20.4. The number of hydrogen-bond acceptors (Lipinski definition) is 4. The summed E-state index contributed by atoms with van der Waals surface area (Å²) in [7, 11) is 1.79. The highest BCUT2D eigenvalue weighted by Crippen LogP contribution is 2.43. The van der Waals surface area contributed by atoms with Gasteiger partial charge in [-0.05, 0) is 49.3 Å². The molecule has 1 aromatic carbocycles. The molecule has 2 N–H and O–H groups in total. The number of guanidine groups is 1. The summed E-state index contributed by atoms with van der Waals surface area (Å²) in [5.74, 6) is 0.920. The molecule has 0 spiro atoms. The zero-order valence-corrected chi connectivity index (χ0v) is 22.7. The van der Waals surface area contributed by atoms with Gasteiger partial charge in [0.2, 0.25) is 0 Å². The van der Waals surface area contributed by atoms with Crippen LogP contribution >= 0.6 is 24.0 Å². The van der Waals surface area contributed by atoms with Crippen LogP contribution in [0.4, 0.5) is 0 Å². The van der Waals surface area contributed by atoms with Gasteiger partial charge in [0.05, 0.1) is 6.54 Å². The summed E-state index contributed by atoms with van der Waals surface area (Å²) in [4.78, 5) is 9.92. The molecule has 0 atom stereocenters. The summed E-state index contributed by atoms with van der Waals surface area (Å²) < 4.78 is 5.32. The predicted molar refractivity (Wildman–Crippen MR) is 145 cm³/mol. The Bertz CT molecular complexity index is 669. The van der Waals surface area contributed by atoms with E-state index in [1.54, 1.807) is 7.11 Å². The highest BCUT2D eigenvalue weighted by molar-refractivity contribution is 14.0. The van der Waals surface area contributed by atoms with E-state index in [4.69, 9.17) is 9.73 Å². The second-order valence-electron chi connectivity index (χ2n) is 9.17. The van der Waals surface area contributed by atoms with Crippen molar-refractivity contribution >= 4 is 29.9 Å². The van der Waals surface area contributed by atoms with Crippen LogP contribution < -0.4 is 10.6 Å². The van der Waals surface area contributed by atoms with Gasteiger partial charge < -0.3 is 20.3 Å². The molecule has 182 valence electrons. The first-order chi connectivity index (χ1) is 15.2. The third kappa shape index (κ3) is 8.47. The Balaban J connectivity index is 0.00000363. The fourth-order valence-electron chi connectivity index (χ4n) is 4.57. The number of hydrogen-bond donors (Lipinski definition) is 2. The number of benzene rings is 1. The van der Waals surface area contributed by atoms with Gasteiger partial charge in [0.25, 0.3) is 0 Å². The van der Waals surface area contributed by atoms with E-state index in [0.717, 1.165) is 38.6 Å². The molecule has 7 heteroatoms. The van der Waals surface area contributed by atoms with Crippen molar-refractivity contribution in [3.8, 4) is 0 Å². The Labute approximate surface area is 212 Å². The number of halogens is 1. The van der Waals surface area contributed by atoms with E-state index in [1.807, 2.05) is 0 Å². The quantitative estimate of drug-likeness (QED) is 0.247. The molecular formula is C25H44IN5O. The number of nitrogens with one attached hydrogen (secondary N) is 2. The summed E-state index contributed by atoms with van der Waals surface area (Å²) in [6.07, 6.45) is 5.04. The lowest BCUT2D eigenvalue weighted by atomic mass is 9.67. The van der Waals surface area contributed by atoms with Crippen LogP contribution in [0.3, 0.4) is 0 Å². The molecule has 1 aliphatic heterocycles. The van der Waals surface area contributed by atoms with Crippen LogP contribution in [0.15, 0.2) is 29.3 Å². The standard InChI is InChI=1S/C25H43N5O.HI/c1-4-26-24(28-21-25(11-6-12-25)13-18-31-3)27-19-22-7-9-23(10-8-22)20-30-16-14-29(5-2)15-17-30;/h7-10H,4-6,11-21H2,1-3H3,(H2,26,27,28);1H. The number of nitrogens with zero attached hydrogens (tertiary/aromatic N) is 3. The van der Waals surface area contributed by atoms with E-state index in [2.05, 4.69) is 58.5 Å². The lowest BCUT2D eigenvalue weighted by Gasteiger charge is -2.42. The van der Waals surface area contributed by atoms with Crippen LogP contribution in [0.25, 0.3) is 0 Å². The molecule has 1 saturated carbocycles. The van der Waals surface area contributed by atoms with E-state index < -0.39 is 0 Å². The lowest BCUT2D eigenvalue weighted by Crippen LogP contribution is -2.46. The van der Waals surface area contributed by atoms with Crippen LogP contribution in [-0.4, -0.2) is 75.3 Å². The van der Waals surface area contributed by atoms with Crippen LogP contribution in [-0.2, 0) is 17.8 Å². The van der Waals surface area contributed by atoms with E-state index in [9.17, 15) is 0 Å². The van der Waals surface area contributed by atoms with Gasteiger partial charge in [-0.3, -0.25) is 4.90 Å². The number of aliphatic imine (C=N–C) groups is 1. The normalized spacial score (nSPS) is 19.2. The first-order valence-corrected chi connectivity index (χ1v) is 12.2. The average molecular weight is 558 g/mol. The molecule has 0 bridgehead atoms. The first kappa shape index (κ1) is 27.3. The van der Waals surface area contributed by atoms with Gasteiger partial charge in [-0.1, -0.05) is 37.6 Å². The Hall–Kier alpha value is -0.900. The van der Waals surface area contributed by atoms with E-state index in [-0.39, 0.29) is 24.0 Å². The highest BCUT2D eigenvalue weighted by Gasteiger charge is 2.36. The summed E-state index contributed by atoms with van der Waals surface area (Å²) in [5, 5.41) is 6.99. The minimum absolute atomic E-state index is 0. The molecule has 3 rings (SSSR count). The number of piperazine rings is 1. The van der Waals surface area contributed by atoms with Crippen molar-refractivity contribution in [1.29, 1.82) is 0 Å².